The van der Waals surface area contributed by atoms with E-state index in [1.807, 2.05) is 22.9 Å². The number of rotatable bonds is 6. The van der Waals surface area contributed by atoms with Crippen molar-refractivity contribution in [3.8, 4) is 0 Å². The van der Waals surface area contributed by atoms with Gasteiger partial charge in [-0.1, -0.05) is 0 Å². The van der Waals surface area contributed by atoms with Crippen molar-refractivity contribution in [3.05, 3.63) is 48.0 Å². The maximum atomic E-state index is 12.1. The van der Waals surface area contributed by atoms with Gasteiger partial charge in [-0.15, -0.1) is 0 Å². The Kier molecular flexibility index (Phi) is 5.37. The molecule has 0 unspecified atom stereocenters. The van der Waals surface area contributed by atoms with Gasteiger partial charge in [-0.25, -0.2) is 0 Å². The summed E-state index contributed by atoms with van der Waals surface area (Å²) in [6.45, 7) is 2.97. The molecule has 122 valence electrons. The first-order valence-corrected chi connectivity index (χ1v) is 8.21. The fourth-order valence-electron chi connectivity index (χ4n) is 3.01. The SMILES string of the molecule is O=C(Cn1nccc1[C@H]1CCCNC1)NCCc1ccncc1. The van der Waals surface area contributed by atoms with E-state index in [4.69, 9.17) is 0 Å². The summed E-state index contributed by atoms with van der Waals surface area (Å²) in [4.78, 5) is 16.1. The number of hydrogen-bond donors (Lipinski definition) is 2. The lowest BCUT2D eigenvalue weighted by atomic mass is 9.96. The van der Waals surface area contributed by atoms with Crippen LogP contribution in [0.15, 0.2) is 36.8 Å². The molecular formula is C17H23N5O. The lowest BCUT2D eigenvalue weighted by Gasteiger charge is -2.23. The molecule has 2 aromatic heterocycles. The molecule has 0 aromatic carbocycles. The highest BCUT2D eigenvalue weighted by atomic mass is 16.2. The zero-order chi connectivity index (χ0) is 15.9. The van der Waals surface area contributed by atoms with Crippen molar-refractivity contribution in [2.45, 2.75) is 31.7 Å². The molecular weight excluding hydrogens is 290 g/mol. The van der Waals surface area contributed by atoms with Crippen LogP contribution in [0, 0.1) is 0 Å². The number of carbonyl (C=O) groups excluding carboxylic acids is 1. The van der Waals surface area contributed by atoms with Crippen molar-refractivity contribution in [2.24, 2.45) is 0 Å². The van der Waals surface area contributed by atoms with Gasteiger partial charge in [-0.05, 0) is 49.6 Å². The van der Waals surface area contributed by atoms with Crippen LogP contribution in [-0.2, 0) is 17.8 Å². The van der Waals surface area contributed by atoms with Gasteiger partial charge in [-0.2, -0.15) is 5.10 Å². The average Bonchev–Trinajstić information content (AvgIpc) is 3.05. The fraction of sp³-hybridized carbons (Fsp3) is 0.471. The van der Waals surface area contributed by atoms with E-state index in [0.717, 1.165) is 31.6 Å². The molecule has 2 aromatic rings. The van der Waals surface area contributed by atoms with E-state index in [1.165, 1.54) is 12.0 Å². The largest absolute Gasteiger partial charge is 0.354 e. The molecule has 1 amide bonds. The van der Waals surface area contributed by atoms with Crippen LogP contribution in [0.5, 0.6) is 0 Å². The van der Waals surface area contributed by atoms with Gasteiger partial charge in [0.05, 0.1) is 0 Å². The molecule has 1 saturated heterocycles. The second-order valence-electron chi connectivity index (χ2n) is 5.91. The lowest BCUT2D eigenvalue weighted by Crippen LogP contribution is -2.33. The van der Waals surface area contributed by atoms with Crippen LogP contribution in [0.2, 0.25) is 0 Å². The standard InChI is InChI=1S/C17H23N5O/c23-17(20-10-5-14-3-8-18-9-4-14)13-22-16(6-11-21-22)15-2-1-7-19-12-15/h3-4,6,8-9,11,15,19H,1-2,5,7,10,12-13H2,(H,20,23)/t15-/m0/s1. The predicted octanol–water partition coefficient (Wildman–Crippen LogP) is 1.10. The van der Waals surface area contributed by atoms with Crippen molar-refractivity contribution >= 4 is 5.91 Å². The van der Waals surface area contributed by atoms with Crippen LogP contribution >= 0.6 is 0 Å². The number of aromatic nitrogens is 3. The molecule has 1 aliphatic rings. The monoisotopic (exact) mass is 313 g/mol. The number of hydrogen-bond acceptors (Lipinski definition) is 4. The van der Waals surface area contributed by atoms with E-state index < -0.39 is 0 Å². The van der Waals surface area contributed by atoms with E-state index in [1.54, 1.807) is 18.6 Å². The maximum Gasteiger partial charge on any atom is 0.241 e. The number of nitrogens with one attached hydrogen (secondary N) is 2. The molecule has 2 N–H and O–H groups in total. The summed E-state index contributed by atoms with van der Waals surface area (Å²) in [6, 6.07) is 5.96. The third-order valence-corrected chi connectivity index (χ3v) is 4.24. The van der Waals surface area contributed by atoms with Crippen molar-refractivity contribution < 1.29 is 4.79 Å². The van der Waals surface area contributed by atoms with Gasteiger partial charge in [0, 0.05) is 43.3 Å². The first kappa shape index (κ1) is 15.7. The number of piperidine rings is 1. The van der Waals surface area contributed by atoms with E-state index in [2.05, 4.69) is 20.7 Å². The lowest BCUT2D eigenvalue weighted by molar-refractivity contribution is -0.121. The third kappa shape index (κ3) is 4.39. The van der Waals surface area contributed by atoms with Crippen LogP contribution in [0.1, 0.15) is 30.0 Å². The Morgan fingerprint density at radius 1 is 1.30 bits per heavy atom. The highest BCUT2D eigenvalue weighted by molar-refractivity contribution is 5.75. The smallest absolute Gasteiger partial charge is 0.241 e. The average molecular weight is 313 g/mol. The van der Waals surface area contributed by atoms with E-state index in [-0.39, 0.29) is 12.5 Å². The minimum absolute atomic E-state index is 0.00720. The number of pyridine rings is 1. The molecule has 0 bridgehead atoms. The van der Waals surface area contributed by atoms with Gasteiger partial charge < -0.3 is 10.6 Å². The van der Waals surface area contributed by atoms with Crippen molar-refractivity contribution in [3.63, 3.8) is 0 Å². The molecule has 1 atom stereocenters. The minimum atomic E-state index is 0.00720. The molecule has 6 nitrogen and oxygen atoms in total. The summed E-state index contributed by atoms with van der Waals surface area (Å²) >= 11 is 0. The summed E-state index contributed by atoms with van der Waals surface area (Å²) in [6.07, 6.45) is 8.47. The van der Waals surface area contributed by atoms with E-state index >= 15 is 0 Å². The van der Waals surface area contributed by atoms with Crippen LogP contribution in [0.25, 0.3) is 0 Å². The highest BCUT2D eigenvalue weighted by Gasteiger charge is 2.19. The van der Waals surface area contributed by atoms with Gasteiger partial charge in [0.2, 0.25) is 5.91 Å². The second-order valence-corrected chi connectivity index (χ2v) is 5.91. The van der Waals surface area contributed by atoms with E-state index in [0.29, 0.717) is 12.5 Å². The Labute approximate surface area is 136 Å². The first-order valence-electron chi connectivity index (χ1n) is 8.21. The fourth-order valence-corrected chi connectivity index (χ4v) is 3.01. The molecule has 23 heavy (non-hydrogen) atoms. The van der Waals surface area contributed by atoms with Gasteiger partial charge in [0.25, 0.3) is 0 Å². The second kappa shape index (κ2) is 7.87. The Morgan fingerprint density at radius 2 is 2.17 bits per heavy atom. The summed E-state index contributed by atoms with van der Waals surface area (Å²) in [5.74, 6) is 0.462. The van der Waals surface area contributed by atoms with E-state index in [9.17, 15) is 4.79 Å². The molecule has 1 fully saturated rings. The van der Waals surface area contributed by atoms with Gasteiger partial charge in [0.1, 0.15) is 6.54 Å². The molecule has 0 aliphatic carbocycles. The maximum absolute atomic E-state index is 12.1. The summed E-state index contributed by atoms with van der Waals surface area (Å²) < 4.78 is 1.83. The molecule has 3 rings (SSSR count). The first-order chi connectivity index (χ1) is 11.3. The molecule has 0 spiro atoms. The normalized spacial score (nSPS) is 17.8. The molecule has 0 radical (unpaired) electrons. The van der Waals surface area contributed by atoms with Crippen LogP contribution < -0.4 is 10.6 Å². The van der Waals surface area contributed by atoms with Gasteiger partial charge in [0.15, 0.2) is 0 Å². The van der Waals surface area contributed by atoms with Crippen LogP contribution in [-0.4, -0.2) is 40.3 Å². The Hall–Kier alpha value is -2.21. The zero-order valence-electron chi connectivity index (χ0n) is 13.2. The molecule has 1 aliphatic heterocycles. The molecule has 3 heterocycles. The zero-order valence-corrected chi connectivity index (χ0v) is 13.2. The predicted molar refractivity (Wildman–Crippen MR) is 88.0 cm³/mol. The summed E-state index contributed by atoms with van der Waals surface area (Å²) in [7, 11) is 0. The topological polar surface area (TPSA) is 71.8 Å². The Bertz CT molecular complexity index is 619. The quantitative estimate of drug-likeness (QED) is 0.838. The van der Waals surface area contributed by atoms with Gasteiger partial charge in [-0.3, -0.25) is 14.5 Å². The Morgan fingerprint density at radius 3 is 2.96 bits per heavy atom. The summed E-state index contributed by atoms with van der Waals surface area (Å²) in [5, 5.41) is 10.7. The third-order valence-electron chi connectivity index (χ3n) is 4.24. The van der Waals surface area contributed by atoms with Crippen molar-refractivity contribution in [1.29, 1.82) is 0 Å². The molecule has 6 heteroatoms. The van der Waals surface area contributed by atoms with Gasteiger partial charge >= 0.3 is 0 Å². The Balaban J connectivity index is 1.49. The van der Waals surface area contributed by atoms with Crippen LogP contribution in [0.3, 0.4) is 0 Å². The molecule has 0 saturated carbocycles. The minimum Gasteiger partial charge on any atom is -0.354 e. The number of nitrogens with zero attached hydrogens (tertiary/aromatic N) is 3. The van der Waals surface area contributed by atoms with Crippen LogP contribution in [0.4, 0.5) is 0 Å². The number of amides is 1. The number of carbonyl (C=O) groups is 1. The summed E-state index contributed by atoms with van der Waals surface area (Å²) in [5.41, 5.74) is 2.33. The van der Waals surface area contributed by atoms with Crippen molar-refractivity contribution in [2.75, 3.05) is 19.6 Å². The highest BCUT2D eigenvalue weighted by Crippen LogP contribution is 2.22. The van der Waals surface area contributed by atoms with Crippen molar-refractivity contribution in [1.82, 2.24) is 25.4 Å².